The molecule has 19 heteroatoms. The number of benzene rings is 4. The van der Waals surface area contributed by atoms with Crippen molar-refractivity contribution in [3.05, 3.63) is 143 Å². The summed E-state index contributed by atoms with van der Waals surface area (Å²) in [6, 6.07) is 30.9. The third-order valence-electron chi connectivity index (χ3n) is 15.5. The van der Waals surface area contributed by atoms with Crippen LogP contribution in [0, 0.1) is 0 Å². The van der Waals surface area contributed by atoms with Crippen LogP contribution >= 0.6 is 11.6 Å². The van der Waals surface area contributed by atoms with Gasteiger partial charge >= 0.3 is 23.9 Å². The zero-order chi connectivity index (χ0) is 55.0. The van der Waals surface area contributed by atoms with Crippen molar-refractivity contribution in [2.45, 2.75) is 149 Å². The van der Waals surface area contributed by atoms with Gasteiger partial charge in [0.05, 0.1) is 14.2 Å². The summed E-state index contributed by atoms with van der Waals surface area (Å²) in [7, 11) is 2.55. The SMILES string of the molecule is COC(=O)Cl.COC(=O)NCC1(c2ccccc2)CCC(N(C(=O)c2ccc([C@](C)(O)C(F)(F)F)cc2)C2CC2)CC1.C[C@](O)(c1ccc(C(=O)N(C2CC2)C2CCC(CN)(c3ccccc3)CC2)cc1)C(F)(F)F. The minimum absolute atomic E-state index is 0.00655. The van der Waals surface area contributed by atoms with E-state index in [1.807, 2.05) is 46.2 Å². The molecule has 4 aliphatic carbocycles. The van der Waals surface area contributed by atoms with Gasteiger partial charge in [-0.3, -0.25) is 9.59 Å². The van der Waals surface area contributed by atoms with Crippen LogP contribution in [0.15, 0.2) is 109 Å². The van der Waals surface area contributed by atoms with Gasteiger partial charge in [-0.15, -0.1) is 0 Å². The minimum Gasteiger partial charge on any atom is -0.457 e. The van der Waals surface area contributed by atoms with E-state index in [1.54, 1.807) is 0 Å². The summed E-state index contributed by atoms with van der Waals surface area (Å²) in [5.74, 6) is -0.355. The Morgan fingerprint density at radius 1 is 0.573 bits per heavy atom. The molecule has 0 saturated heterocycles. The maximum Gasteiger partial charge on any atom is 0.421 e. The van der Waals surface area contributed by atoms with Gasteiger partial charge in [-0.05, 0) is 137 Å². The van der Waals surface area contributed by atoms with E-state index >= 15 is 0 Å². The molecule has 12 nitrogen and oxygen atoms in total. The zero-order valence-electron chi connectivity index (χ0n) is 42.6. The summed E-state index contributed by atoms with van der Waals surface area (Å²) in [6.07, 6.45) is 0.0480. The van der Waals surface area contributed by atoms with Crippen LogP contribution in [-0.4, -0.2) is 107 Å². The Kier molecular flexibility index (Phi) is 18.8. The van der Waals surface area contributed by atoms with E-state index in [2.05, 4.69) is 45.9 Å². The molecule has 2 atom stereocenters. The molecule has 75 heavy (non-hydrogen) atoms. The molecule has 4 aromatic rings. The molecular formula is C56H67ClF6N4O8. The normalized spacial score (nSPS) is 23.2. The number of nitrogens with one attached hydrogen (secondary N) is 1. The van der Waals surface area contributed by atoms with Crippen LogP contribution in [0.3, 0.4) is 0 Å². The lowest BCUT2D eigenvalue weighted by Crippen LogP contribution is -2.49. The average Bonchev–Trinajstić information content (AvgIpc) is 4.37. The fraction of sp³-hybridized carbons (Fsp3) is 0.500. The first-order chi connectivity index (χ1) is 35.3. The predicted molar refractivity (Wildman–Crippen MR) is 271 cm³/mol. The van der Waals surface area contributed by atoms with Gasteiger partial charge in [0.1, 0.15) is 0 Å². The summed E-state index contributed by atoms with van der Waals surface area (Å²) < 4.78 is 87.7. The highest BCUT2D eigenvalue weighted by Gasteiger charge is 2.53. The number of hydrogen-bond acceptors (Lipinski definition) is 9. The number of carbonyl (C=O) groups is 4. The first kappa shape index (κ1) is 58.6. The van der Waals surface area contributed by atoms with Crippen molar-refractivity contribution in [1.82, 2.24) is 15.1 Å². The van der Waals surface area contributed by atoms with Crippen molar-refractivity contribution in [1.29, 1.82) is 0 Å². The number of nitrogens with two attached hydrogens (primary N) is 1. The van der Waals surface area contributed by atoms with Gasteiger partial charge < -0.3 is 40.5 Å². The zero-order valence-corrected chi connectivity index (χ0v) is 43.3. The van der Waals surface area contributed by atoms with E-state index in [4.69, 9.17) is 10.5 Å². The number of ether oxygens (including phenoxy) is 2. The number of amides is 3. The predicted octanol–water partition coefficient (Wildman–Crippen LogP) is 11.2. The molecule has 0 unspecified atom stereocenters. The van der Waals surface area contributed by atoms with E-state index in [0.29, 0.717) is 31.1 Å². The average molecular weight is 1070 g/mol. The summed E-state index contributed by atoms with van der Waals surface area (Å²) in [5.41, 5.74) is 1.55. The molecule has 0 aliphatic heterocycles. The molecule has 0 bridgehead atoms. The Hall–Kier alpha value is -5.69. The fourth-order valence-corrected chi connectivity index (χ4v) is 10.4. The minimum atomic E-state index is -4.82. The van der Waals surface area contributed by atoms with Gasteiger partial charge in [0.2, 0.25) is 0 Å². The van der Waals surface area contributed by atoms with Crippen molar-refractivity contribution < 1.29 is 65.2 Å². The van der Waals surface area contributed by atoms with Crippen LogP contribution < -0.4 is 11.1 Å². The Bertz CT molecular complexity index is 2530. The molecule has 8 rings (SSSR count). The molecule has 4 aliphatic rings. The fourth-order valence-electron chi connectivity index (χ4n) is 10.4. The molecule has 408 valence electrons. The Balaban J connectivity index is 0.000000225. The third-order valence-corrected chi connectivity index (χ3v) is 15.7. The highest BCUT2D eigenvalue weighted by atomic mass is 35.5. The lowest BCUT2D eigenvalue weighted by Gasteiger charge is -2.44. The van der Waals surface area contributed by atoms with Crippen molar-refractivity contribution in [2.24, 2.45) is 5.73 Å². The van der Waals surface area contributed by atoms with Crippen molar-refractivity contribution >= 4 is 34.9 Å². The van der Waals surface area contributed by atoms with Gasteiger partial charge in [-0.25, -0.2) is 9.59 Å². The van der Waals surface area contributed by atoms with E-state index in [9.17, 15) is 55.7 Å². The summed E-state index contributed by atoms with van der Waals surface area (Å²) in [4.78, 5) is 52.0. The summed E-state index contributed by atoms with van der Waals surface area (Å²) in [6.45, 7) is 2.41. The molecule has 0 aromatic heterocycles. The van der Waals surface area contributed by atoms with Crippen molar-refractivity contribution in [3.63, 3.8) is 0 Å². The molecule has 3 amide bonds. The molecule has 0 spiro atoms. The van der Waals surface area contributed by atoms with Gasteiger partial charge in [-0.1, -0.05) is 84.9 Å². The van der Waals surface area contributed by atoms with Crippen LogP contribution in [0.2, 0.25) is 0 Å². The van der Waals surface area contributed by atoms with Gasteiger partial charge in [0, 0.05) is 70.8 Å². The highest BCUT2D eigenvalue weighted by molar-refractivity contribution is 6.61. The van der Waals surface area contributed by atoms with E-state index in [1.165, 1.54) is 68.3 Å². The molecule has 4 saturated carbocycles. The molecule has 4 fully saturated rings. The van der Waals surface area contributed by atoms with Gasteiger partial charge in [0.25, 0.3) is 11.8 Å². The molecule has 4 aromatic carbocycles. The molecule has 5 N–H and O–H groups in total. The second-order valence-corrected chi connectivity index (χ2v) is 20.7. The lowest BCUT2D eigenvalue weighted by atomic mass is 9.67. The number of hydrogen-bond donors (Lipinski definition) is 4. The maximum atomic E-state index is 13.5. The number of nitrogens with zero attached hydrogens (tertiary/aromatic N) is 2. The van der Waals surface area contributed by atoms with E-state index in [0.717, 1.165) is 89.5 Å². The number of aliphatic hydroxyl groups is 2. The smallest absolute Gasteiger partial charge is 0.421 e. The second-order valence-electron chi connectivity index (χ2n) is 20.4. The number of carbonyl (C=O) groups excluding carboxylic acids is 4. The van der Waals surface area contributed by atoms with Gasteiger partial charge in [0.15, 0.2) is 11.2 Å². The number of methoxy groups -OCH3 is 2. The Morgan fingerprint density at radius 3 is 1.19 bits per heavy atom. The highest BCUT2D eigenvalue weighted by Crippen LogP contribution is 2.46. The summed E-state index contributed by atoms with van der Waals surface area (Å²) in [5, 5.41) is 22.7. The molecule has 0 radical (unpaired) electrons. The number of rotatable bonds is 13. The van der Waals surface area contributed by atoms with E-state index in [-0.39, 0.29) is 57.9 Å². The van der Waals surface area contributed by atoms with Crippen molar-refractivity contribution in [3.8, 4) is 0 Å². The number of halogens is 7. The standard InChI is InChI=1S/C28H33F3N2O4.C26H31F3N2O2.C2H3ClO2/c1-26(36,28(29,30)31)20-10-8-19(9-11-20)24(34)33(22-12-13-22)23-14-16-27(17-15-23,18-32-25(35)37-2)21-6-4-3-5-7-21;1-24(33,26(27,28)29)19-9-7-18(8-10-19)23(32)31(21-11-12-21)22-13-15-25(17-30,16-14-22)20-5-3-2-4-6-20;1-5-2(3)4/h3-11,22-23,36H,12-18H2,1-2H3,(H,32,35);2-10,21-22,33H,11-17,30H2,1H3;1H3/t23?,26-,27?;22?,24-,25?;/m00./s1. The summed E-state index contributed by atoms with van der Waals surface area (Å²) >= 11 is 4.60. The topological polar surface area (TPSA) is 172 Å². The maximum absolute atomic E-state index is 13.5. The monoisotopic (exact) mass is 1070 g/mol. The van der Waals surface area contributed by atoms with Crippen LogP contribution in [0.4, 0.5) is 35.9 Å². The number of alkyl halides is 6. The first-order valence-electron chi connectivity index (χ1n) is 25.2. The molecular weight excluding hydrogens is 1010 g/mol. The second kappa shape index (κ2) is 24.1. The van der Waals surface area contributed by atoms with Crippen molar-refractivity contribution in [2.75, 3.05) is 27.3 Å². The van der Waals surface area contributed by atoms with E-state index < -0.39 is 35.1 Å². The number of alkyl carbamates (subject to hydrolysis) is 1. The Morgan fingerprint density at radius 2 is 0.893 bits per heavy atom. The quantitative estimate of drug-likeness (QED) is 0.0751. The van der Waals surface area contributed by atoms with Crippen LogP contribution in [0.5, 0.6) is 0 Å². The van der Waals surface area contributed by atoms with Crippen LogP contribution in [-0.2, 0) is 31.5 Å². The first-order valence-corrected chi connectivity index (χ1v) is 25.5. The third kappa shape index (κ3) is 13.8. The lowest BCUT2D eigenvalue weighted by molar-refractivity contribution is -0.259. The van der Waals surface area contributed by atoms with Crippen LogP contribution in [0.1, 0.15) is 134 Å². The largest absolute Gasteiger partial charge is 0.457 e. The molecule has 0 heterocycles. The Labute approximate surface area is 438 Å². The van der Waals surface area contributed by atoms with Gasteiger partial charge in [-0.2, -0.15) is 26.3 Å². The van der Waals surface area contributed by atoms with Crippen LogP contribution in [0.25, 0.3) is 0 Å².